The monoisotopic (exact) mass is 359 g/mol. The Labute approximate surface area is 116 Å². The van der Waals surface area contributed by atoms with Crippen LogP contribution in [0, 0.1) is 6.92 Å². The molecule has 1 N–H and O–H groups in total. The number of hydrogen-bond donors (Lipinski definition) is 1. The summed E-state index contributed by atoms with van der Waals surface area (Å²) in [5.74, 6) is 0. The van der Waals surface area contributed by atoms with E-state index in [1.54, 1.807) is 26.2 Å². The molecule has 0 amide bonds. The molecule has 2 unspecified atom stereocenters. The zero-order valence-corrected chi connectivity index (χ0v) is 13.7. The number of rotatable bonds is 5. The minimum Gasteiger partial charge on any atom is -0.260 e. The summed E-state index contributed by atoms with van der Waals surface area (Å²) in [4.78, 5) is 1.01. The predicted molar refractivity (Wildman–Crippen MR) is 75.5 cm³/mol. The maximum atomic E-state index is 12.0. The zero-order valence-electron chi connectivity index (χ0n) is 9.69. The van der Waals surface area contributed by atoms with Crippen molar-refractivity contribution >= 4 is 48.1 Å². The first kappa shape index (κ1) is 15.3. The number of halogens is 1. The normalized spacial score (nSPS) is 15.8. The standard InChI is InChI=1S/C9H14BrNO3S3/c1-6(16(3)12)5-11-17(13,14)8-4-9(10)15-7(8)2/h4,6,11H,5H2,1-3H3. The number of aryl methyl sites for hydroxylation is 1. The number of sulfonamides is 1. The second kappa shape index (κ2) is 5.92. The third kappa shape index (κ3) is 4.13. The van der Waals surface area contributed by atoms with Crippen LogP contribution in [0.15, 0.2) is 14.7 Å². The Morgan fingerprint density at radius 3 is 2.59 bits per heavy atom. The molecule has 0 spiro atoms. The molecule has 0 aliphatic carbocycles. The Bertz CT molecular complexity index is 524. The van der Waals surface area contributed by atoms with Crippen LogP contribution in [0.1, 0.15) is 11.8 Å². The van der Waals surface area contributed by atoms with E-state index in [-0.39, 0.29) is 16.7 Å². The van der Waals surface area contributed by atoms with E-state index in [4.69, 9.17) is 0 Å². The molecule has 1 heterocycles. The van der Waals surface area contributed by atoms with Gasteiger partial charge in [-0.15, -0.1) is 11.3 Å². The number of thiophene rings is 1. The van der Waals surface area contributed by atoms with Crippen molar-refractivity contribution < 1.29 is 12.6 Å². The highest BCUT2D eigenvalue weighted by Crippen LogP contribution is 2.29. The molecule has 0 aromatic carbocycles. The largest absolute Gasteiger partial charge is 0.260 e. The Balaban J connectivity index is 2.83. The highest BCUT2D eigenvalue weighted by molar-refractivity contribution is 9.11. The van der Waals surface area contributed by atoms with Gasteiger partial charge in [0, 0.05) is 33.7 Å². The molecule has 17 heavy (non-hydrogen) atoms. The minimum atomic E-state index is -3.50. The average Bonchev–Trinajstić information content (AvgIpc) is 2.55. The maximum Gasteiger partial charge on any atom is 0.241 e. The van der Waals surface area contributed by atoms with Crippen LogP contribution in [-0.4, -0.2) is 30.7 Å². The van der Waals surface area contributed by atoms with Gasteiger partial charge in [0.1, 0.15) is 0 Å². The van der Waals surface area contributed by atoms with Crippen LogP contribution in [-0.2, 0) is 20.8 Å². The minimum absolute atomic E-state index is 0.179. The van der Waals surface area contributed by atoms with E-state index in [0.717, 1.165) is 8.66 Å². The van der Waals surface area contributed by atoms with E-state index in [9.17, 15) is 12.6 Å². The summed E-state index contributed by atoms with van der Waals surface area (Å²) < 4.78 is 38.3. The molecule has 0 aliphatic rings. The van der Waals surface area contributed by atoms with Gasteiger partial charge in [0.2, 0.25) is 10.0 Å². The van der Waals surface area contributed by atoms with Gasteiger partial charge in [0.25, 0.3) is 0 Å². The van der Waals surface area contributed by atoms with Gasteiger partial charge in [-0.25, -0.2) is 13.1 Å². The summed E-state index contributed by atoms with van der Waals surface area (Å²) in [5.41, 5.74) is 0. The first-order valence-electron chi connectivity index (χ1n) is 4.82. The van der Waals surface area contributed by atoms with Gasteiger partial charge >= 0.3 is 0 Å². The summed E-state index contributed by atoms with van der Waals surface area (Å²) in [6.45, 7) is 3.68. The highest BCUT2D eigenvalue weighted by Gasteiger charge is 2.20. The molecular formula is C9H14BrNO3S3. The van der Waals surface area contributed by atoms with Crippen LogP contribution in [0.4, 0.5) is 0 Å². The van der Waals surface area contributed by atoms with Crippen molar-refractivity contribution in [2.45, 2.75) is 24.0 Å². The van der Waals surface area contributed by atoms with E-state index in [0.29, 0.717) is 0 Å². The van der Waals surface area contributed by atoms with E-state index in [1.165, 1.54) is 11.3 Å². The van der Waals surface area contributed by atoms with Gasteiger partial charge in [-0.3, -0.25) is 4.21 Å². The molecule has 1 aromatic heterocycles. The van der Waals surface area contributed by atoms with Crippen LogP contribution < -0.4 is 4.72 Å². The van der Waals surface area contributed by atoms with Gasteiger partial charge in [-0.1, -0.05) is 0 Å². The Morgan fingerprint density at radius 2 is 2.18 bits per heavy atom. The van der Waals surface area contributed by atoms with Gasteiger partial charge in [-0.2, -0.15) is 0 Å². The van der Waals surface area contributed by atoms with E-state index >= 15 is 0 Å². The summed E-state index contributed by atoms with van der Waals surface area (Å²) in [6, 6.07) is 1.58. The third-order valence-electron chi connectivity index (χ3n) is 2.26. The van der Waals surface area contributed by atoms with Gasteiger partial charge in [0.05, 0.1) is 8.68 Å². The second-order valence-corrected chi connectivity index (χ2v) is 9.80. The number of hydrogen-bond acceptors (Lipinski definition) is 4. The smallest absolute Gasteiger partial charge is 0.241 e. The van der Waals surface area contributed by atoms with Crippen molar-refractivity contribution in [1.82, 2.24) is 4.72 Å². The Morgan fingerprint density at radius 1 is 1.59 bits per heavy atom. The molecule has 0 saturated heterocycles. The quantitative estimate of drug-likeness (QED) is 0.872. The molecule has 0 fully saturated rings. The summed E-state index contributed by atoms with van der Waals surface area (Å²) in [5, 5.41) is -0.202. The van der Waals surface area contributed by atoms with E-state index in [2.05, 4.69) is 20.7 Å². The molecule has 0 radical (unpaired) electrons. The lowest BCUT2D eigenvalue weighted by Crippen LogP contribution is -2.32. The molecule has 1 aromatic rings. The number of nitrogens with one attached hydrogen (secondary N) is 1. The summed E-state index contributed by atoms with van der Waals surface area (Å²) in [7, 11) is -4.54. The van der Waals surface area contributed by atoms with Gasteiger partial charge < -0.3 is 0 Å². The molecule has 0 aliphatic heterocycles. The summed E-state index contributed by atoms with van der Waals surface area (Å²) in [6.07, 6.45) is 1.56. The zero-order chi connectivity index (χ0) is 13.2. The molecule has 2 atom stereocenters. The fourth-order valence-electron chi connectivity index (χ4n) is 1.12. The van der Waals surface area contributed by atoms with Crippen molar-refractivity contribution in [3.63, 3.8) is 0 Å². The highest BCUT2D eigenvalue weighted by atomic mass is 79.9. The fourth-order valence-corrected chi connectivity index (χ4v) is 5.09. The third-order valence-corrected chi connectivity index (χ3v) is 6.79. The predicted octanol–water partition coefficient (Wildman–Crippen LogP) is 1.86. The Hall–Kier alpha value is 0.240. The van der Waals surface area contributed by atoms with Crippen molar-refractivity contribution in [3.8, 4) is 0 Å². The van der Waals surface area contributed by atoms with E-state index in [1.807, 2.05) is 0 Å². The molecule has 0 bridgehead atoms. The lowest BCUT2D eigenvalue weighted by molar-refractivity contribution is 0.580. The second-order valence-electron chi connectivity index (χ2n) is 3.63. The van der Waals surface area contributed by atoms with Crippen LogP contribution >= 0.6 is 27.3 Å². The molecule has 8 heteroatoms. The van der Waals surface area contributed by atoms with Crippen molar-refractivity contribution in [2.75, 3.05) is 12.8 Å². The van der Waals surface area contributed by atoms with Crippen LogP contribution in [0.5, 0.6) is 0 Å². The lowest BCUT2D eigenvalue weighted by atomic mass is 10.5. The lowest BCUT2D eigenvalue weighted by Gasteiger charge is -2.10. The molecule has 4 nitrogen and oxygen atoms in total. The van der Waals surface area contributed by atoms with Crippen LogP contribution in [0.25, 0.3) is 0 Å². The molecule has 0 saturated carbocycles. The van der Waals surface area contributed by atoms with Crippen LogP contribution in [0.2, 0.25) is 0 Å². The SMILES string of the molecule is Cc1sc(Br)cc1S(=O)(=O)NCC(C)S(C)=O. The van der Waals surface area contributed by atoms with Gasteiger partial charge in [0.15, 0.2) is 0 Å². The molecule has 1 rings (SSSR count). The summed E-state index contributed by atoms with van der Waals surface area (Å²) >= 11 is 4.63. The van der Waals surface area contributed by atoms with Crippen molar-refractivity contribution in [2.24, 2.45) is 0 Å². The Kier molecular flexibility index (Phi) is 5.33. The van der Waals surface area contributed by atoms with Crippen LogP contribution in [0.3, 0.4) is 0 Å². The maximum absolute atomic E-state index is 12.0. The van der Waals surface area contributed by atoms with Crippen molar-refractivity contribution in [3.05, 3.63) is 14.7 Å². The van der Waals surface area contributed by atoms with E-state index < -0.39 is 20.8 Å². The molecule has 98 valence electrons. The van der Waals surface area contributed by atoms with Gasteiger partial charge in [-0.05, 0) is 35.8 Å². The molecular weight excluding hydrogens is 346 g/mol. The average molecular weight is 360 g/mol. The first-order valence-corrected chi connectivity index (χ1v) is 9.53. The van der Waals surface area contributed by atoms with Crippen molar-refractivity contribution in [1.29, 1.82) is 0 Å². The first-order chi connectivity index (χ1) is 7.74. The topological polar surface area (TPSA) is 63.2 Å². The fraction of sp³-hybridized carbons (Fsp3) is 0.556.